The Morgan fingerprint density at radius 2 is 1.90 bits per heavy atom. The quantitative estimate of drug-likeness (QED) is 0.447. The van der Waals surface area contributed by atoms with Gasteiger partial charge in [-0.3, -0.25) is 9.59 Å². The van der Waals surface area contributed by atoms with Crippen molar-refractivity contribution in [1.82, 2.24) is 10.2 Å². The minimum Gasteiger partial charge on any atom is -0.352 e. The highest BCUT2D eigenvalue weighted by Gasteiger charge is 2.26. The van der Waals surface area contributed by atoms with Crippen LogP contribution in [0.15, 0.2) is 53.0 Å². The van der Waals surface area contributed by atoms with Gasteiger partial charge >= 0.3 is 0 Å². The molecule has 0 bridgehead atoms. The zero-order valence-corrected chi connectivity index (χ0v) is 20.7. The zero-order chi connectivity index (χ0) is 22.1. The lowest BCUT2D eigenvalue weighted by atomic mass is 10.1. The Labute approximate surface area is 196 Å². The highest BCUT2D eigenvalue weighted by atomic mass is 79.9. The summed E-state index contributed by atoms with van der Waals surface area (Å²) in [4.78, 5) is 27.5. The number of nitrogens with one attached hydrogen (secondary N) is 1. The second-order valence-corrected chi connectivity index (χ2v) is 9.54. The van der Waals surface area contributed by atoms with Crippen LogP contribution in [0.4, 0.5) is 0 Å². The molecule has 0 aliphatic heterocycles. The van der Waals surface area contributed by atoms with E-state index in [-0.39, 0.29) is 23.6 Å². The molecule has 0 fully saturated rings. The van der Waals surface area contributed by atoms with Gasteiger partial charge in [0.05, 0.1) is 5.75 Å². The first-order valence-corrected chi connectivity index (χ1v) is 12.3. The van der Waals surface area contributed by atoms with Crippen molar-refractivity contribution >= 4 is 51.1 Å². The molecular weight excluding hydrogens is 484 g/mol. The van der Waals surface area contributed by atoms with E-state index in [1.54, 1.807) is 11.8 Å². The Kier molecular flexibility index (Phi) is 10.2. The smallest absolute Gasteiger partial charge is 0.242 e. The molecule has 2 atom stereocenters. The van der Waals surface area contributed by atoms with E-state index in [1.807, 2.05) is 62.4 Å². The average Bonchev–Trinajstić information content (AvgIpc) is 2.72. The molecule has 0 aromatic heterocycles. The van der Waals surface area contributed by atoms with Gasteiger partial charge < -0.3 is 10.2 Å². The Morgan fingerprint density at radius 1 is 1.17 bits per heavy atom. The Balaban J connectivity index is 2.09. The summed E-state index contributed by atoms with van der Waals surface area (Å²) in [6, 6.07) is 14.9. The molecule has 4 nitrogen and oxygen atoms in total. The number of amides is 2. The third-order valence-corrected chi connectivity index (χ3v) is 6.68. The molecule has 7 heteroatoms. The number of hydrogen-bond donors (Lipinski definition) is 1. The van der Waals surface area contributed by atoms with Crippen LogP contribution in [0.5, 0.6) is 0 Å². The lowest BCUT2D eigenvalue weighted by molar-refractivity contribution is -0.138. The Bertz CT molecular complexity index is 865. The lowest BCUT2D eigenvalue weighted by Crippen LogP contribution is -2.50. The molecule has 0 aliphatic carbocycles. The number of nitrogens with zero attached hydrogens (tertiary/aromatic N) is 1. The average molecular weight is 512 g/mol. The van der Waals surface area contributed by atoms with E-state index in [9.17, 15) is 9.59 Å². The molecule has 2 amide bonds. The van der Waals surface area contributed by atoms with Gasteiger partial charge in [0, 0.05) is 27.8 Å². The van der Waals surface area contributed by atoms with Gasteiger partial charge in [0.25, 0.3) is 0 Å². The first kappa shape index (κ1) is 24.8. The van der Waals surface area contributed by atoms with Gasteiger partial charge in [-0.2, -0.15) is 0 Å². The van der Waals surface area contributed by atoms with Gasteiger partial charge in [-0.1, -0.05) is 64.8 Å². The molecule has 0 aliphatic rings. The normalized spacial score (nSPS) is 12.8. The molecule has 1 N–H and O–H groups in total. The fraction of sp³-hybridized carbons (Fsp3) is 0.391. The molecule has 0 unspecified atom stereocenters. The molecule has 2 rings (SSSR count). The van der Waals surface area contributed by atoms with Crippen molar-refractivity contribution in [2.24, 2.45) is 0 Å². The van der Waals surface area contributed by atoms with Crippen molar-refractivity contribution < 1.29 is 9.59 Å². The zero-order valence-electron chi connectivity index (χ0n) is 17.5. The number of carbonyl (C=O) groups is 2. The van der Waals surface area contributed by atoms with E-state index in [4.69, 9.17) is 11.6 Å². The second kappa shape index (κ2) is 12.4. The molecule has 0 saturated carbocycles. The molecule has 0 heterocycles. The highest BCUT2D eigenvalue weighted by Crippen LogP contribution is 2.22. The summed E-state index contributed by atoms with van der Waals surface area (Å²) >= 11 is 11.2. The predicted octanol–water partition coefficient (Wildman–Crippen LogP) is 5.67. The summed E-state index contributed by atoms with van der Waals surface area (Å²) in [7, 11) is 0. The fourth-order valence-electron chi connectivity index (χ4n) is 2.83. The van der Waals surface area contributed by atoms with Gasteiger partial charge in [-0.05, 0) is 49.6 Å². The highest BCUT2D eigenvalue weighted by molar-refractivity contribution is 9.10. The maximum Gasteiger partial charge on any atom is 0.242 e. The van der Waals surface area contributed by atoms with Crippen molar-refractivity contribution in [3.05, 3.63) is 69.2 Å². The van der Waals surface area contributed by atoms with Gasteiger partial charge in [-0.15, -0.1) is 11.8 Å². The van der Waals surface area contributed by atoms with Crippen LogP contribution >= 0.6 is 39.3 Å². The van der Waals surface area contributed by atoms with E-state index in [2.05, 4.69) is 21.2 Å². The van der Waals surface area contributed by atoms with Crippen LogP contribution in [0.3, 0.4) is 0 Å². The van der Waals surface area contributed by atoms with E-state index in [1.165, 1.54) is 11.8 Å². The molecule has 0 radical (unpaired) electrons. The maximum absolute atomic E-state index is 13.1. The van der Waals surface area contributed by atoms with E-state index in [0.29, 0.717) is 17.3 Å². The topological polar surface area (TPSA) is 49.4 Å². The van der Waals surface area contributed by atoms with E-state index in [0.717, 1.165) is 22.0 Å². The molecular formula is C23H28BrClN2O2S. The SMILES string of the molecule is CC[C@@H](C)NC(=O)[C@H](C)N(Cc1cccc(Br)c1)C(=O)CSCc1ccccc1Cl. The summed E-state index contributed by atoms with van der Waals surface area (Å²) < 4.78 is 0.942. The van der Waals surface area contributed by atoms with Crippen LogP contribution in [0.2, 0.25) is 5.02 Å². The van der Waals surface area contributed by atoms with Crippen molar-refractivity contribution in [2.45, 2.75) is 51.6 Å². The molecule has 2 aromatic rings. The molecule has 30 heavy (non-hydrogen) atoms. The van der Waals surface area contributed by atoms with E-state index >= 15 is 0 Å². The van der Waals surface area contributed by atoms with Crippen molar-refractivity contribution in [3.8, 4) is 0 Å². The van der Waals surface area contributed by atoms with Crippen LogP contribution < -0.4 is 5.32 Å². The van der Waals surface area contributed by atoms with Crippen molar-refractivity contribution in [1.29, 1.82) is 0 Å². The van der Waals surface area contributed by atoms with Crippen molar-refractivity contribution in [2.75, 3.05) is 5.75 Å². The molecule has 0 saturated heterocycles. The van der Waals surface area contributed by atoms with Gasteiger partial charge in [0.1, 0.15) is 6.04 Å². The fourth-order valence-corrected chi connectivity index (χ4v) is 4.47. The van der Waals surface area contributed by atoms with Crippen LogP contribution in [0.1, 0.15) is 38.3 Å². The first-order chi connectivity index (χ1) is 14.3. The van der Waals surface area contributed by atoms with Gasteiger partial charge in [0.2, 0.25) is 11.8 Å². The molecule has 0 spiro atoms. The summed E-state index contributed by atoms with van der Waals surface area (Å²) in [5.74, 6) is 0.715. The summed E-state index contributed by atoms with van der Waals surface area (Å²) in [5, 5.41) is 3.68. The summed E-state index contributed by atoms with van der Waals surface area (Å²) in [6.07, 6.45) is 0.839. The summed E-state index contributed by atoms with van der Waals surface area (Å²) in [5.41, 5.74) is 1.97. The largest absolute Gasteiger partial charge is 0.352 e. The molecule has 162 valence electrons. The van der Waals surface area contributed by atoms with Gasteiger partial charge in [-0.25, -0.2) is 0 Å². The van der Waals surface area contributed by atoms with Crippen LogP contribution in [0, 0.1) is 0 Å². The summed E-state index contributed by atoms with van der Waals surface area (Å²) in [6.45, 7) is 6.14. The minimum atomic E-state index is -0.564. The minimum absolute atomic E-state index is 0.0670. The number of benzene rings is 2. The van der Waals surface area contributed by atoms with Gasteiger partial charge in [0.15, 0.2) is 0 Å². The third kappa shape index (κ3) is 7.64. The van der Waals surface area contributed by atoms with E-state index < -0.39 is 6.04 Å². The lowest BCUT2D eigenvalue weighted by Gasteiger charge is -2.29. The van der Waals surface area contributed by atoms with Crippen LogP contribution in [0.25, 0.3) is 0 Å². The number of carbonyl (C=O) groups excluding carboxylic acids is 2. The second-order valence-electron chi connectivity index (χ2n) is 7.23. The predicted molar refractivity (Wildman–Crippen MR) is 130 cm³/mol. The Hall–Kier alpha value is -1.50. The molecule has 2 aromatic carbocycles. The number of halogens is 2. The van der Waals surface area contributed by atoms with Crippen molar-refractivity contribution in [3.63, 3.8) is 0 Å². The third-order valence-electron chi connectivity index (χ3n) is 4.85. The maximum atomic E-state index is 13.1. The van der Waals surface area contributed by atoms with Crippen LogP contribution in [-0.2, 0) is 21.9 Å². The number of thioether (sulfide) groups is 1. The first-order valence-electron chi connectivity index (χ1n) is 9.97. The number of hydrogen-bond acceptors (Lipinski definition) is 3. The standard InChI is InChI=1S/C23H28BrClN2O2S/c1-4-16(2)26-23(29)17(3)27(13-18-8-7-10-20(24)12-18)22(28)15-30-14-19-9-5-6-11-21(19)25/h5-12,16-17H,4,13-15H2,1-3H3,(H,26,29)/t16-,17+/m1/s1. The number of rotatable bonds is 10. The van der Waals surface area contributed by atoms with Crippen LogP contribution in [-0.4, -0.2) is 34.6 Å². The monoisotopic (exact) mass is 510 g/mol. The Morgan fingerprint density at radius 3 is 2.57 bits per heavy atom.